The van der Waals surface area contributed by atoms with Crippen LogP contribution in [0.25, 0.3) is 0 Å². The third kappa shape index (κ3) is 5.65. The molecule has 0 aliphatic rings. The second-order valence-electron chi connectivity index (χ2n) is 3.76. The topological polar surface area (TPSA) is 68.3 Å². The first-order valence-corrected chi connectivity index (χ1v) is 12.2. The average molecular weight is 460 g/mol. The van der Waals surface area contributed by atoms with Crippen LogP contribution in [0.3, 0.4) is 0 Å². The fourth-order valence-electron chi connectivity index (χ4n) is 1.19. The van der Waals surface area contributed by atoms with Crippen LogP contribution in [0.4, 0.5) is 26.3 Å². The summed E-state index contributed by atoms with van der Waals surface area (Å²) in [4.78, 5) is 0. The molecule has 0 heterocycles. The van der Waals surface area contributed by atoms with Crippen molar-refractivity contribution in [3.05, 3.63) is 0 Å². The molecular formula is C6H7Cl3F6O4S3. The first kappa shape index (κ1) is 22.7. The maximum absolute atomic E-state index is 12.4. The van der Waals surface area contributed by atoms with Gasteiger partial charge >= 0.3 is 11.0 Å². The van der Waals surface area contributed by atoms with E-state index < -0.39 is 61.5 Å². The van der Waals surface area contributed by atoms with Crippen LogP contribution >= 0.6 is 39.7 Å². The molecule has 0 unspecified atom stereocenters. The Balaban J connectivity index is 5.76. The Bertz CT molecular complexity index is 547. The number of alkyl halides is 6. The number of rotatable bonds is 6. The Morgan fingerprint density at radius 2 is 1.09 bits per heavy atom. The van der Waals surface area contributed by atoms with E-state index in [1.807, 2.05) is 0 Å². The molecule has 136 valence electrons. The van der Waals surface area contributed by atoms with E-state index in [9.17, 15) is 43.2 Å². The van der Waals surface area contributed by atoms with Gasteiger partial charge in [-0.2, -0.15) is 26.3 Å². The van der Waals surface area contributed by atoms with Crippen molar-refractivity contribution in [3.8, 4) is 0 Å². The normalized spacial score (nSPS) is 16.1. The van der Waals surface area contributed by atoms with Crippen LogP contribution in [-0.2, 0) is 19.7 Å². The summed E-state index contributed by atoms with van der Waals surface area (Å²) in [5.74, 6) is -0.561. The van der Waals surface area contributed by atoms with Gasteiger partial charge in [-0.1, -0.05) is 0 Å². The van der Waals surface area contributed by atoms with Gasteiger partial charge in [0.25, 0.3) is 19.7 Å². The van der Waals surface area contributed by atoms with E-state index in [2.05, 4.69) is 0 Å². The summed E-state index contributed by atoms with van der Waals surface area (Å²) in [5, 5.41) is 0. The highest BCUT2D eigenvalue weighted by Crippen LogP contribution is 2.63. The molecule has 4 nitrogen and oxygen atoms in total. The second-order valence-corrected chi connectivity index (χ2v) is 15.9. The molecule has 0 atom stereocenters. The van der Waals surface area contributed by atoms with Crippen LogP contribution in [0.2, 0.25) is 0 Å². The van der Waals surface area contributed by atoms with Crippen molar-refractivity contribution in [2.45, 2.75) is 28.4 Å². The minimum Gasteiger partial charge on any atom is -0.218 e. The first-order chi connectivity index (χ1) is 9.34. The molecule has 0 amide bonds. The predicted octanol–water partition coefficient (Wildman–Crippen LogP) is 4.23. The number of halogens is 9. The van der Waals surface area contributed by atoms with Crippen LogP contribution < -0.4 is 0 Å². The third-order valence-electron chi connectivity index (χ3n) is 2.15. The van der Waals surface area contributed by atoms with Gasteiger partial charge in [0.1, 0.15) is 0 Å². The van der Waals surface area contributed by atoms with Gasteiger partial charge in [0, 0.05) is 5.75 Å². The van der Waals surface area contributed by atoms with E-state index in [1.54, 1.807) is 0 Å². The molecule has 0 fully saturated rings. The summed E-state index contributed by atoms with van der Waals surface area (Å²) in [6.45, 7) is 0. The maximum atomic E-state index is 12.4. The van der Waals surface area contributed by atoms with E-state index in [0.29, 0.717) is 0 Å². The summed E-state index contributed by atoms with van der Waals surface area (Å²) in [6.07, 6.45) is -2.29. The summed E-state index contributed by atoms with van der Waals surface area (Å²) in [6, 6.07) is 0. The molecule has 0 radical (unpaired) electrons. The molecule has 16 heteroatoms. The van der Waals surface area contributed by atoms with E-state index in [0.717, 1.165) is 0 Å². The maximum Gasteiger partial charge on any atom is 0.498 e. The predicted molar refractivity (Wildman–Crippen MR) is 73.0 cm³/mol. The third-order valence-corrected chi connectivity index (χ3v) is 8.96. The Kier molecular flexibility index (Phi) is 7.12. The van der Waals surface area contributed by atoms with Crippen molar-refractivity contribution in [2.75, 3.05) is 5.75 Å². The molecular weight excluding hydrogens is 453 g/mol. The van der Waals surface area contributed by atoms with Crippen LogP contribution in [0, 0.1) is 0 Å². The lowest BCUT2D eigenvalue weighted by atomic mass is 10.4. The van der Waals surface area contributed by atoms with Gasteiger partial charge in [0.05, 0.1) is 0 Å². The zero-order chi connectivity index (χ0) is 18.2. The zero-order valence-corrected chi connectivity index (χ0v) is 14.7. The largest absolute Gasteiger partial charge is 0.498 e. The van der Waals surface area contributed by atoms with Crippen LogP contribution in [0.5, 0.6) is 0 Å². The number of hydrogen-bond acceptors (Lipinski definition) is 4. The Morgan fingerprint density at radius 1 is 0.773 bits per heavy atom. The van der Waals surface area contributed by atoms with Gasteiger partial charge in [-0.25, -0.2) is 16.8 Å². The smallest absolute Gasteiger partial charge is 0.218 e. The molecule has 0 spiro atoms. The quantitative estimate of drug-likeness (QED) is 0.558. The van der Waals surface area contributed by atoms with Gasteiger partial charge in [0.2, 0.25) is 0 Å². The molecule has 0 aromatic heterocycles. The van der Waals surface area contributed by atoms with Gasteiger partial charge in [-0.15, -0.1) is 0 Å². The SMILES string of the molecule is O=S(=O)(C(CCCS(Cl)(Cl)Cl)S(=O)(=O)C(F)(F)F)C(F)(F)F. The average Bonchev–Trinajstić information content (AvgIpc) is 2.18. The molecule has 0 N–H and O–H groups in total. The molecule has 0 aromatic rings. The molecule has 0 aliphatic heterocycles. The van der Waals surface area contributed by atoms with Gasteiger partial charge in [-0.05, 0) is 52.6 Å². The summed E-state index contributed by atoms with van der Waals surface area (Å²) in [5.41, 5.74) is -12.4. The van der Waals surface area contributed by atoms with Crippen molar-refractivity contribution in [1.82, 2.24) is 0 Å². The summed E-state index contributed by atoms with van der Waals surface area (Å²) >= 11 is 0. The standard InChI is InChI=1S/C6H7Cl3F6O4S3/c7-20(8,9)3-1-2-4(21(16,17)5(10,11)12)22(18,19)6(13,14)15/h4H,1-3H2. The Morgan fingerprint density at radius 3 is 1.32 bits per heavy atom. The van der Waals surface area contributed by atoms with Crippen LogP contribution in [-0.4, -0.2) is 38.2 Å². The van der Waals surface area contributed by atoms with E-state index in [4.69, 9.17) is 32.0 Å². The monoisotopic (exact) mass is 458 g/mol. The van der Waals surface area contributed by atoms with Crippen molar-refractivity contribution < 1.29 is 43.2 Å². The summed E-state index contributed by atoms with van der Waals surface area (Å²) < 4.78 is 115. The van der Waals surface area contributed by atoms with Crippen molar-refractivity contribution in [2.24, 2.45) is 0 Å². The molecule has 22 heavy (non-hydrogen) atoms. The van der Waals surface area contributed by atoms with Crippen molar-refractivity contribution in [1.29, 1.82) is 0 Å². The van der Waals surface area contributed by atoms with Crippen LogP contribution in [0.15, 0.2) is 0 Å². The fraction of sp³-hybridized carbons (Fsp3) is 1.00. The van der Waals surface area contributed by atoms with Gasteiger partial charge in [0.15, 0.2) is 4.58 Å². The molecule has 0 bridgehead atoms. The van der Waals surface area contributed by atoms with E-state index in [-0.39, 0.29) is 0 Å². The lowest BCUT2D eigenvalue weighted by molar-refractivity contribution is -0.0472. The van der Waals surface area contributed by atoms with Gasteiger partial charge in [-0.3, -0.25) is 0 Å². The Labute approximate surface area is 136 Å². The van der Waals surface area contributed by atoms with Crippen molar-refractivity contribution in [3.63, 3.8) is 0 Å². The van der Waals surface area contributed by atoms with Crippen LogP contribution in [0.1, 0.15) is 12.8 Å². The molecule has 0 aromatic carbocycles. The van der Waals surface area contributed by atoms with E-state index >= 15 is 0 Å². The zero-order valence-electron chi connectivity index (χ0n) is 9.96. The molecule has 0 saturated carbocycles. The lowest BCUT2D eigenvalue weighted by Crippen LogP contribution is -2.44. The minimum absolute atomic E-state index is 0.561. The highest BCUT2D eigenvalue weighted by Gasteiger charge is 2.62. The fourth-order valence-corrected chi connectivity index (χ4v) is 6.20. The molecule has 0 saturated heterocycles. The highest BCUT2D eigenvalue weighted by molar-refractivity contribution is 8.79. The molecule has 0 aliphatic carbocycles. The first-order valence-electron chi connectivity index (χ1n) is 4.84. The van der Waals surface area contributed by atoms with Crippen molar-refractivity contribution >= 4 is 59.4 Å². The Hall–Kier alpha value is 0.700. The number of hydrogen-bond donors (Lipinski definition) is 0. The summed E-state index contributed by atoms with van der Waals surface area (Å²) in [7, 11) is -0.280. The number of sulfone groups is 2. The van der Waals surface area contributed by atoms with Gasteiger partial charge < -0.3 is 0 Å². The molecule has 0 rings (SSSR count). The second kappa shape index (κ2) is 6.90. The van der Waals surface area contributed by atoms with E-state index in [1.165, 1.54) is 0 Å². The minimum atomic E-state index is -6.63. The lowest BCUT2D eigenvalue weighted by Gasteiger charge is -2.22. The highest BCUT2D eigenvalue weighted by atomic mass is 36.2.